The van der Waals surface area contributed by atoms with E-state index in [0.717, 1.165) is 0 Å². The highest BCUT2D eigenvalue weighted by Crippen LogP contribution is 2.59. The minimum atomic E-state index is -0.399. The Morgan fingerprint density at radius 1 is 1.29 bits per heavy atom. The molecule has 0 N–H and O–H groups in total. The molecule has 0 spiro atoms. The first-order valence-corrected chi connectivity index (χ1v) is 5.77. The van der Waals surface area contributed by atoms with Crippen molar-refractivity contribution in [3.05, 3.63) is 12.2 Å². The maximum absolute atomic E-state index is 11.8. The molecular formula is C13H20O4. The van der Waals surface area contributed by atoms with Crippen LogP contribution in [0.3, 0.4) is 0 Å². The summed E-state index contributed by atoms with van der Waals surface area (Å²) >= 11 is 0. The number of carbonyl (C=O) groups excluding carboxylic acids is 2. The van der Waals surface area contributed by atoms with E-state index in [0.29, 0.717) is 0 Å². The van der Waals surface area contributed by atoms with Crippen LogP contribution < -0.4 is 0 Å². The van der Waals surface area contributed by atoms with Crippen molar-refractivity contribution in [1.29, 1.82) is 0 Å². The summed E-state index contributed by atoms with van der Waals surface area (Å²) < 4.78 is 9.70. The number of esters is 2. The molecule has 1 fully saturated rings. The fraction of sp³-hybridized carbons (Fsp3) is 0.692. The Labute approximate surface area is 102 Å². The molecule has 1 rings (SSSR count). The molecule has 0 unspecified atom stereocenters. The molecule has 0 bridgehead atoms. The summed E-state index contributed by atoms with van der Waals surface area (Å²) in [5, 5.41) is 0. The molecule has 96 valence electrons. The Kier molecular flexibility index (Phi) is 3.96. The van der Waals surface area contributed by atoms with Gasteiger partial charge < -0.3 is 9.47 Å². The topological polar surface area (TPSA) is 52.6 Å². The summed E-state index contributed by atoms with van der Waals surface area (Å²) in [4.78, 5) is 22.8. The highest BCUT2D eigenvalue weighted by atomic mass is 16.5. The quantitative estimate of drug-likeness (QED) is 0.556. The third kappa shape index (κ3) is 3.08. The number of hydrogen-bond donors (Lipinski definition) is 0. The average molecular weight is 240 g/mol. The maximum atomic E-state index is 11.8. The summed E-state index contributed by atoms with van der Waals surface area (Å²) in [5.74, 6) is -0.702. The molecule has 0 aromatic carbocycles. The van der Waals surface area contributed by atoms with E-state index in [4.69, 9.17) is 4.74 Å². The van der Waals surface area contributed by atoms with Crippen LogP contribution in [0.2, 0.25) is 0 Å². The molecule has 4 heteroatoms. The highest BCUT2D eigenvalue weighted by Gasteiger charge is 2.61. The van der Waals surface area contributed by atoms with Crippen molar-refractivity contribution in [2.45, 2.75) is 33.8 Å². The SMILES string of the molecule is COC(=O)/C=C/[C@H]1[C@@H](C(=O)OC(C)C)C1(C)C. The molecule has 4 nitrogen and oxygen atoms in total. The Balaban J connectivity index is 2.62. The van der Waals surface area contributed by atoms with E-state index >= 15 is 0 Å². The molecule has 0 aliphatic heterocycles. The van der Waals surface area contributed by atoms with Crippen LogP contribution in [0.4, 0.5) is 0 Å². The predicted molar refractivity (Wildman–Crippen MR) is 63.1 cm³/mol. The maximum Gasteiger partial charge on any atom is 0.330 e. The second-order valence-electron chi connectivity index (χ2n) is 5.19. The van der Waals surface area contributed by atoms with E-state index in [9.17, 15) is 9.59 Å². The van der Waals surface area contributed by atoms with Crippen LogP contribution in [0.1, 0.15) is 27.7 Å². The third-order valence-corrected chi connectivity index (χ3v) is 3.16. The first kappa shape index (κ1) is 13.7. The second-order valence-corrected chi connectivity index (χ2v) is 5.19. The molecule has 0 aromatic rings. The second kappa shape index (κ2) is 4.90. The minimum absolute atomic E-state index is 0.0489. The molecule has 1 aliphatic carbocycles. The van der Waals surface area contributed by atoms with E-state index < -0.39 is 5.97 Å². The van der Waals surface area contributed by atoms with E-state index in [1.54, 1.807) is 6.08 Å². The molecular weight excluding hydrogens is 220 g/mol. The lowest BCUT2D eigenvalue weighted by Gasteiger charge is -2.08. The number of allylic oxidation sites excluding steroid dienone is 1. The predicted octanol–water partition coefficient (Wildman–Crippen LogP) is 1.94. The van der Waals surface area contributed by atoms with Crippen LogP contribution in [0.15, 0.2) is 12.2 Å². The lowest BCUT2D eigenvalue weighted by molar-refractivity contribution is -0.150. The smallest absolute Gasteiger partial charge is 0.330 e. The standard InChI is InChI=1S/C13H20O4/c1-8(2)17-12(15)11-9(13(11,3)4)6-7-10(14)16-5/h6-9,11H,1-5H3/b7-6+/t9-,11-/m0/s1. The van der Waals surface area contributed by atoms with Crippen LogP contribution in [-0.2, 0) is 19.1 Å². The first-order valence-electron chi connectivity index (χ1n) is 5.77. The van der Waals surface area contributed by atoms with Crippen LogP contribution in [0.25, 0.3) is 0 Å². The molecule has 17 heavy (non-hydrogen) atoms. The van der Waals surface area contributed by atoms with Gasteiger partial charge in [-0.3, -0.25) is 4.79 Å². The number of hydrogen-bond acceptors (Lipinski definition) is 4. The van der Waals surface area contributed by atoms with Crippen LogP contribution in [0, 0.1) is 17.3 Å². The Morgan fingerprint density at radius 3 is 2.35 bits per heavy atom. The van der Waals surface area contributed by atoms with Crippen molar-refractivity contribution < 1.29 is 19.1 Å². The van der Waals surface area contributed by atoms with Gasteiger partial charge in [-0.25, -0.2) is 4.79 Å². The van der Waals surface area contributed by atoms with Gasteiger partial charge in [-0.2, -0.15) is 0 Å². The molecule has 1 saturated carbocycles. The Bertz CT molecular complexity index is 341. The normalized spacial score (nSPS) is 26.0. The Hall–Kier alpha value is -1.32. The molecule has 0 radical (unpaired) electrons. The zero-order chi connectivity index (χ0) is 13.2. The van der Waals surface area contributed by atoms with Gasteiger partial charge in [0.05, 0.1) is 19.1 Å². The van der Waals surface area contributed by atoms with Gasteiger partial charge in [-0.05, 0) is 25.2 Å². The molecule has 0 heterocycles. The van der Waals surface area contributed by atoms with E-state index in [2.05, 4.69) is 4.74 Å². The number of carbonyl (C=O) groups is 2. The Morgan fingerprint density at radius 2 is 1.88 bits per heavy atom. The fourth-order valence-corrected chi connectivity index (χ4v) is 2.04. The molecule has 1 aliphatic rings. The number of methoxy groups -OCH3 is 1. The molecule has 0 saturated heterocycles. The summed E-state index contributed by atoms with van der Waals surface area (Å²) in [6, 6.07) is 0. The molecule has 2 atom stereocenters. The van der Waals surface area contributed by atoms with Crippen LogP contribution in [0.5, 0.6) is 0 Å². The van der Waals surface area contributed by atoms with Crippen molar-refractivity contribution in [2.75, 3.05) is 7.11 Å². The van der Waals surface area contributed by atoms with E-state index in [1.807, 2.05) is 27.7 Å². The zero-order valence-electron chi connectivity index (χ0n) is 11.0. The largest absolute Gasteiger partial charge is 0.466 e. The van der Waals surface area contributed by atoms with Gasteiger partial charge in [0.1, 0.15) is 0 Å². The van der Waals surface area contributed by atoms with Gasteiger partial charge in [0.15, 0.2) is 0 Å². The van der Waals surface area contributed by atoms with Gasteiger partial charge in [0.2, 0.25) is 0 Å². The molecule has 0 aromatic heterocycles. The fourth-order valence-electron chi connectivity index (χ4n) is 2.04. The highest BCUT2D eigenvalue weighted by molar-refractivity contribution is 5.83. The monoisotopic (exact) mass is 240 g/mol. The first-order chi connectivity index (χ1) is 7.80. The number of ether oxygens (including phenoxy) is 2. The third-order valence-electron chi connectivity index (χ3n) is 3.16. The minimum Gasteiger partial charge on any atom is -0.466 e. The van der Waals surface area contributed by atoms with Crippen molar-refractivity contribution in [2.24, 2.45) is 17.3 Å². The van der Waals surface area contributed by atoms with E-state index in [-0.39, 0.29) is 29.3 Å². The van der Waals surface area contributed by atoms with Gasteiger partial charge in [-0.1, -0.05) is 19.9 Å². The number of rotatable bonds is 4. The zero-order valence-corrected chi connectivity index (χ0v) is 11.0. The lowest BCUT2D eigenvalue weighted by atomic mass is 10.1. The van der Waals surface area contributed by atoms with Gasteiger partial charge in [0.25, 0.3) is 0 Å². The van der Waals surface area contributed by atoms with Gasteiger partial charge in [0, 0.05) is 6.08 Å². The van der Waals surface area contributed by atoms with Gasteiger partial charge in [-0.15, -0.1) is 0 Å². The molecule has 0 amide bonds. The van der Waals surface area contributed by atoms with Crippen molar-refractivity contribution in [1.82, 2.24) is 0 Å². The van der Waals surface area contributed by atoms with Crippen LogP contribution >= 0.6 is 0 Å². The lowest BCUT2D eigenvalue weighted by Crippen LogP contribution is -2.15. The van der Waals surface area contributed by atoms with Gasteiger partial charge >= 0.3 is 11.9 Å². The summed E-state index contributed by atoms with van der Waals surface area (Å²) in [5.41, 5.74) is -0.142. The van der Waals surface area contributed by atoms with Crippen molar-refractivity contribution in [3.63, 3.8) is 0 Å². The average Bonchev–Trinajstić information content (AvgIpc) is 2.76. The summed E-state index contributed by atoms with van der Waals surface area (Å²) in [7, 11) is 1.33. The van der Waals surface area contributed by atoms with Crippen molar-refractivity contribution >= 4 is 11.9 Å². The van der Waals surface area contributed by atoms with E-state index in [1.165, 1.54) is 13.2 Å². The van der Waals surface area contributed by atoms with Crippen molar-refractivity contribution in [3.8, 4) is 0 Å². The van der Waals surface area contributed by atoms with Crippen LogP contribution in [-0.4, -0.2) is 25.2 Å². The summed E-state index contributed by atoms with van der Waals surface area (Å²) in [6.07, 6.45) is 3.00. The summed E-state index contributed by atoms with van der Waals surface area (Å²) in [6.45, 7) is 7.64.